The smallest absolute Gasteiger partial charge is 0.247 e. The van der Waals surface area contributed by atoms with E-state index in [9.17, 15) is 4.79 Å². The molecule has 1 amide bonds. The minimum atomic E-state index is -0.703. The van der Waals surface area contributed by atoms with E-state index in [2.05, 4.69) is 15.2 Å². The molecule has 0 bridgehead atoms. The maximum atomic E-state index is 12.7. The molecule has 0 N–H and O–H groups in total. The zero-order valence-electron chi connectivity index (χ0n) is 16.5. The van der Waals surface area contributed by atoms with Crippen LogP contribution in [0.1, 0.15) is 24.3 Å². The van der Waals surface area contributed by atoms with Gasteiger partial charge in [0.25, 0.3) is 0 Å². The van der Waals surface area contributed by atoms with Crippen LogP contribution in [0, 0.1) is 6.92 Å². The van der Waals surface area contributed by atoms with Gasteiger partial charge in [0.15, 0.2) is 5.69 Å². The molecular formula is C21H20N4O3S. The van der Waals surface area contributed by atoms with Gasteiger partial charge < -0.3 is 9.47 Å². The molecule has 2 heterocycles. The molecule has 1 aliphatic rings. The monoisotopic (exact) mass is 408 g/mol. The first-order valence-corrected chi connectivity index (χ1v) is 10.2. The van der Waals surface area contributed by atoms with Gasteiger partial charge in [-0.15, -0.1) is 10.2 Å². The van der Waals surface area contributed by atoms with Crippen molar-refractivity contribution in [1.82, 2.24) is 15.2 Å². The van der Waals surface area contributed by atoms with Crippen molar-refractivity contribution in [3.63, 3.8) is 0 Å². The van der Waals surface area contributed by atoms with E-state index in [1.165, 1.54) is 18.7 Å². The third-order valence-electron chi connectivity index (χ3n) is 4.74. The summed E-state index contributed by atoms with van der Waals surface area (Å²) in [7, 11) is 1.63. The van der Waals surface area contributed by atoms with Crippen molar-refractivity contribution >= 4 is 23.4 Å². The van der Waals surface area contributed by atoms with E-state index in [1.54, 1.807) is 12.0 Å². The van der Waals surface area contributed by atoms with Gasteiger partial charge in [-0.3, -0.25) is 9.69 Å². The molecule has 0 fully saturated rings. The second-order valence-electron chi connectivity index (χ2n) is 6.56. The number of rotatable bonds is 3. The summed E-state index contributed by atoms with van der Waals surface area (Å²) in [6.07, 6.45) is 1.17. The Balaban J connectivity index is 1.95. The summed E-state index contributed by atoms with van der Waals surface area (Å²) in [6.45, 7) is 3.47. The van der Waals surface area contributed by atoms with Crippen LogP contribution in [0.25, 0.3) is 11.3 Å². The number of benzene rings is 2. The Morgan fingerprint density at radius 1 is 1.21 bits per heavy atom. The fourth-order valence-corrected chi connectivity index (χ4v) is 3.71. The highest BCUT2D eigenvalue weighted by Gasteiger charge is 2.34. The van der Waals surface area contributed by atoms with Crippen LogP contribution in [-0.4, -0.2) is 34.5 Å². The van der Waals surface area contributed by atoms with Gasteiger partial charge in [0.2, 0.25) is 23.2 Å². The summed E-state index contributed by atoms with van der Waals surface area (Å²) >= 11 is 1.38. The minimum Gasteiger partial charge on any atom is -0.496 e. The molecule has 0 aliphatic carbocycles. The Hall–Kier alpha value is -3.13. The number of ether oxygens (including phenoxy) is 2. The Kier molecular flexibility index (Phi) is 5.10. The third-order valence-corrected chi connectivity index (χ3v) is 5.28. The lowest BCUT2D eigenvalue weighted by Gasteiger charge is -2.30. The molecule has 7 nitrogen and oxygen atoms in total. The van der Waals surface area contributed by atoms with Gasteiger partial charge in [-0.2, -0.15) is 4.98 Å². The van der Waals surface area contributed by atoms with Crippen LogP contribution in [-0.2, 0) is 4.79 Å². The van der Waals surface area contributed by atoms with E-state index >= 15 is 0 Å². The fourth-order valence-electron chi connectivity index (χ4n) is 3.41. The first-order chi connectivity index (χ1) is 14.0. The van der Waals surface area contributed by atoms with Gasteiger partial charge in [-0.05, 0) is 43.0 Å². The molecule has 29 heavy (non-hydrogen) atoms. The normalized spacial score (nSPS) is 15.0. The predicted molar refractivity (Wildman–Crippen MR) is 111 cm³/mol. The van der Waals surface area contributed by atoms with Crippen molar-refractivity contribution < 1.29 is 14.3 Å². The van der Waals surface area contributed by atoms with Gasteiger partial charge in [-0.1, -0.05) is 30.0 Å². The van der Waals surface area contributed by atoms with E-state index in [-0.39, 0.29) is 5.91 Å². The van der Waals surface area contributed by atoms with E-state index in [1.807, 2.05) is 55.6 Å². The summed E-state index contributed by atoms with van der Waals surface area (Å²) in [5.74, 6) is 0.965. The number of para-hydroxylation sites is 1. The number of aromatic nitrogens is 3. The average molecular weight is 408 g/mol. The predicted octanol–water partition coefficient (Wildman–Crippen LogP) is 4.02. The maximum Gasteiger partial charge on any atom is 0.247 e. The molecule has 2 aromatic carbocycles. The average Bonchev–Trinajstić information content (AvgIpc) is 2.87. The number of anilines is 1. The highest BCUT2D eigenvalue weighted by atomic mass is 32.2. The number of fused-ring (bicyclic) bond motifs is 3. The van der Waals surface area contributed by atoms with Crippen LogP contribution < -0.4 is 14.4 Å². The molecule has 148 valence electrons. The van der Waals surface area contributed by atoms with Crippen molar-refractivity contribution in [3.8, 4) is 22.9 Å². The lowest BCUT2D eigenvalue weighted by Crippen LogP contribution is -2.36. The number of aryl methyl sites for hydroxylation is 1. The highest BCUT2D eigenvalue weighted by molar-refractivity contribution is 7.98. The van der Waals surface area contributed by atoms with Crippen molar-refractivity contribution in [3.05, 3.63) is 53.6 Å². The molecule has 8 heteroatoms. The molecule has 1 aromatic heterocycles. The highest BCUT2D eigenvalue weighted by Crippen LogP contribution is 2.43. The van der Waals surface area contributed by atoms with Crippen molar-refractivity contribution in [2.24, 2.45) is 0 Å². The van der Waals surface area contributed by atoms with E-state index in [4.69, 9.17) is 9.47 Å². The molecule has 0 saturated heterocycles. The number of carbonyl (C=O) groups is 1. The first kappa shape index (κ1) is 19.2. The second kappa shape index (κ2) is 7.71. The minimum absolute atomic E-state index is 0.151. The number of carbonyl (C=O) groups excluding carboxylic acids is 1. The molecule has 0 saturated carbocycles. The van der Waals surface area contributed by atoms with E-state index in [0.29, 0.717) is 22.4 Å². The molecule has 1 aliphatic heterocycles. The van der Waals surface area contributed by atoms with Crippen LogP contribution >= 0.6 is 11.8 Å². The number of hydrogen-bond donors (Lipinski definition) is 0. The zero-order chi connectivity index (χ0) is 20.5. The maximum absolute atomic E-state index is 12.7. The van der Waals surface area contributed by atoms with Crippen LogP contribution in [0.2, 0.25) is 0 Å². The number of nitrogens with zero attached hydrogens (tertiary/aromatic N) is 4. The lowest BCUT2D eigenvalue weighted by atomic mass is 10.1. The molecule has 3 aromatic rings. The number of hydrogen-bond acceptors (Lipinski definition) is 7. The molecule has 4 rings (SSSR count). The summed E-state index contributed by atoms with van der Waals surface area (Å²) in [6, 6.07) is 13.3. The Morgan fingerprint density at radius 3 is 2.69 bits per heavy atom. The van der Waals surface area contributed by atoms with Crippen molar-refractivity contribution in [1.29, 1.82) is 0 Å². The van der Waals surface area contributed by atoms with Gasteiger partial charge in [0.1, 0.15) is 5.75 Å². The van der Waals surface area contributed by atoms with E-state index in [0.717, 1.165) is 22.4 Å². The molecule has 1 unspecified atom stereocenters. The zero-order valence-corrected chi connectivity index (χ0v) is 17.4. The largest absolute Gasteiger partial charge is 0.496 e. The molecule has 0 spiro atoms. The van der Waals surface area contributed by atoms with Crippen molar-refractivity contribution in [2.45, 2.75) is 25.2 Å². The standard InChI is InChI=1S/C21H20N4O3S/c1-12-11-14(9-10-17(12)27-3)20-25(13(2)26)16-8-6-5-7-15(16)18-19(28-20)22-21(29-4)24-23-18/h5-11,20H,1-4H3. The Bertz CT molecular complexity index is 1090. The number of methoxy groups -OCH3 is 1. The van der Waals surface area contributed by atoms with Gasteiger partial charge in [0.05, 0.1) is 12.8 Å². The summed E-state index contributed by atoms with van der Waals surface area (Å²) < 4.78 is 11.7. The summed E-state index contributed by atoms with van der Waals surface area (Å²) in [4.78, 5) is 18.9. The topological polar surface area (TPSA) is 77.4 Å². The lowest BCUT2D eigenvalue weighted by molar-refractivity contribution is -0.118. The van der Waals surface area contributed by atoms with Crippen LogP contribution in [0.3, 0.4) is 0 Å². The van der Waals surface area contributed by atoms with Crippen molar-refractivity contribution in [2.75, 3.05) is 18.3 Å². The van der Waals surface area contributed by atoms with Gasteiger partial charge in [0, 0.05) is 18.1 Å². The third kappa shape index (κ3) is 3.40. The number of thioether (sulfide) groups is 1. The van der Waals surface area contributed by atoms with E-state index < -0.39 is 6.23 Å². The van der Waals surface area contributed by atoms with Crippen LogP contribution in [0.5, 0.6) is 11.6 Å². The number of amides is 1. The SMILES string of the molecule is COc1ccc(C2Oc3nc(SC)nnc3-c3ccccc3N2C(C)=O)cc1C. The van der Waals surface area contributed by atoms with Gasteiger partial charge in [-0.25, -0.2) is 0 Å². The first-order valence-electron chi connectivity index (χ1n) is 9.02. The fraction of sp³-hybridized carbons (Fsp3) is 0.238. The molecule has 0 radical (unpaired) electrons. The molecule has 1 atom stereocenters. The second-order valence-corrected chi connectivity index (χ2v) is 7.33. The summed E-state index contributed by atoms with van der Waals surface area (Å²) in [5.41, 5.74) is 3.71. The summed E-state index contributed by atoms with van der Waals surface area (Å²) in [5, 5.41) is 9.00. The Morgan fingerprint density at radius 2 is 2.00 bits per heavy atom. The quantitative estimate of drug-likeness (QED) is 0.606. The van der Waals surface area contributed by atoms with Crippen LogP contribution in [0.15, 0.2) is 47.6 Å². The van der Waals surface area contributed by atoms with Gasteiger partial charge >= 0.3 is 0 Å². The Labute approximate surface area is 173 Å². The molecular weight excluding hydrogens is 388 g/mol. The van der Waals surface area contributed by atoms with Crippen LogP contribution in [0.4, 0.5) is 5.69 Å².